The summed E-state index contributed by atoms with van der Waals surface area (Å²) < 4.78 is 9.73. The lowest BCUT2D eigenvalue weighted by Gasteiger charge is -2.29. The summed E-state index contributed by atoms with van der Waals surface area (Å²) >= 11 is 0. The summed E-state index contributed by atoms with van der Waals surface area (Å²) in [4.78, 5) is 23.8. The molecule has 23 heavy (non-hydrogen) atoms. The third kappa shape index (κ3) is 2.98. The van der Waals surface area contributed by atoms with Crippen molar-refractivity contribution in [1.82, 2.24) is 15.4 Å². The predicted octanol–water partition coefficient (Wildman–Crippen LogP) is 0.274. The van der Waals surface area contributed by atoms with Crippen molar-refractivity contribution in [3.63, 3.8) is 0 Å². The number of hydrogen-bond donors (Lipinski definition) is 1. The first-order valence-corrected chi connectivity index (χ1v) is 7.23. The van der Waals surface area contributed by atoms with E-state index in [2.05, 4.69) is 15.3 Å². The first-order valence-electron chi connectivity index (χ1n) is 7.23. The Kier molecular flexibility index (Phi) is 4.16. The van der Waals surface area contributed by atoms with E-state index in [0.29, 0.717) is 6.42 Å². The molecule has 1 fully saturated rings. The van der Waals surface area contributed by atoms with Gasteiger partial charge in [0.25, 0.3) is 5.91 Å². The minimum Gasteiger partial charge on any atom is -0.497 e. The maximum Gasteiger partial charge on any atom is 0.327 e. The molecule has 8 nitrogen and oxygen atoms in total. The molecule has 122 valence electrons. The van der Waals surface area contributed by atoms with Gasteiger partial charge in [-0.15, -0.1) is 0 Å². The van der Waals surface area contributed by atoms with Crippen molar-refractivity contribution in [3.8, 4) is 5.75 Å². The molecule has 8 heteroatoms. The van der Waals surface area contributed by atoms with Crippen LogP contribution < -0.4 is 10.2 Å². The summed E-state index contributed by atoms with van der Waals surface area (Å²) in [5, 5.41) is 6.83. The fraction of sp³-hybridized carbons (Fsp3) is 0.400. The molecule has 2 heterocycles. The van der Waals surface area contributed by atoms with E-state index >= 15 is 0 Å². The third-order valence-electron chi connectivity index (χ3n) is 3.98. The molecular weight excluding hydrogens is 300 g/mol. The number of nitrogens with one attached hydrogen (secondary N) is 1. The second-order valence-corrected chi connectivity index (χ2v) is 5.32. The molecule has 0 saturated carbocycles. The second kappa shape index (κ2) is 6.25. The number of benzene rings is 1. The van der Waals surface area contributed by atoms with Crippen molar-refractivity contribution in [2.24, 2.45) is 5.10 Å². The Morgan fingerprint density at radius 1 is 1.35 bits per heavy atom. The van der Waals surface area contributed by atoms with Gasteiger partial charge in [-0.3, -0.25) is 14.6 Å². The number of methoxy groups -OCH3 is 2. The van der Waals surface area contributed by atoms with Crippen LogP contribution in [-0.4, -0.2) is 55.0 Å². The number of nitrogens with zero attached hydrogens (tertiary/aromatic N) is 3. The Labute approximate surface area is 133 Å². The molecule has 0 bridgehead atoms. The summed E-state index contributed by atoms with van der Waals surface area (Å²) in [5.74, 6) is 0.0642. The number of hydrazone groups is 1. The highest BCUT2D eigenvalue weighted by molar-refractivity contribution is 5.89. The van der Waals surface area contributed by atoms with Crippen LogP contribution in [0.3, 0.4) is 0 Å². The largest absolute Gasteiger partial charge is 0.497 e. The van der Waals surface area contributed by atoms with E-state index in [9.17, 15) is 9.59 Å². The molecule has 3 rings (SSSR count). The molecule has 1 aromatic rings. The van der Waals surface area contributed by atoms with Gasteiger partial charge < -0.3 is 9.47 Å². The van der Waals surface area contributed by atoms with Gasteiger partial charge in [-0.1, -0.05) is 12.1 Å². The van der Waals surface area contributed by atoms with Crippen molar-refractivity contribution < 1.29 is 19.1 Å². The van der Waals surface area contributed by atoms with Crippen LogP contribution in [0.1, 0.15) is 18.0 Å². The number of fused-ring (bicyclic) bond motifs is 1. The topological polar surface area (TPSA) is 83.5 Å². The van der Waals surface area contributed by atoms with Crippen LogP contribution in [0.2, 0.25) is 0 Å². The van der Waals surface area contributed by atoms with Gasteiger partial charge in [-0.05, 0) is 24.1 Å². The Bertz CT molecular complexity index is 631. The highest BCUT2D eigenvalue weighted by Crippen LogP contribution is 2.30. The molecule has 2 aliphatic rings. The van der Waals surface area contributed by atoms with Gasteiger partial charge in [0.2, 0.25) is 0 Å². The zero-order valence-corrected chi connectivity index (χ0v) is 12.9. The van der Waals surface area contributed by atoms with Crippen LogP contribution in [0.25, 0.3) is 0 Å². The van der Waals surface area contributed by atoms with E-state index in [0.717, 1.165) is 16.3 Å². The van der Waals surface area contributed by atoms with E-state index < -0.39 is 5.97 Å². The minimum absolute atomic E-state index is 0.000571. The highest BCUT2D eigenvalue weighted by Gasteiger charge is 2.41. The Morgan fingerprint density at radius 3 is 2.74 bits per heavy atom. The molecule has 1 amide bonds. The molecular formula is C15H18N4O4. The highest BCUT2D eigenvalue weighted by atomic mass is 16.5. The van der Waals surface area contributed by atoms with Gasteiger partial charge in [-0.25, -0.2) is 10.4 Å². The van der Waals surface area contributed by atoms with Crippen molar-refractivity contribution in [3.05, 3.63) is 29.8 Å². The smallest absolute Gasteiger partial charge is 0.327 e. The maximum absolute atomic E-state index is 12.4. The standard InChI is InChI=1S/C15H18N4O4/c1-22-11-5-3-10(4-6-11)12-7-13-15(21)18(8-14(20)23-2)16-9-19(13)17-12/h3-6,9,12-13,17H,7-8H2,1-2H3. The quantitative estimate of drug-likeness (QED) is 0.803. The van der Waals surface area contributed by atoms with Crippen LogP contribution >= 0.6 is 0 Å². The normalized spacial score (nSPS) is 23.0. The average molecular weight is 318 g/mol. The monoisotopic (exact) mass is 318 g/mol. The number of rotatable bonds is 4. The van der Waals surface area contributed by atoms with Gasteiger partial charge in [0.05, 0.1) is 20.3 Å². The van der Waals surface area contributed by atoms with Gasteiger partial charge in [-0.2, -0.15) is 5.10 Å². The third-order valence-corrected chi connectivity index (χ3v) is 3.98. The fourth-order valence-corrected chi connectivity index (χ4v) is 2.69. The Morgan fingerprint density at radius 2 is 2.09 bits per heavy atom. The van der Waals surface area contributed by atoms with E-state index in [1.165, 1.54) is 13.4 Å². The van der Waals surface area contributed by atoms with E-state index in [4.69, 9.17) is 4.74 Å². The van der Waals surface area contributed by atoms with Gasteiger partial charge in [0, 0.05) is 0 Å². The van der Waals surface area contributed by atoms with Crippen LogP contribution in [0.15, 0.2) is 29.4 Å². The first-order chi connectivity index (χ1) is 11.1. The molecule has 2 unspecified atom stereocenters. The Balaban J connectivity index is 1.70. The summed E-state index contributed by atoms with van der Waals surface area (Å²) in [5.41, 5.74) is 4.30. The maximum atomic E-state index is 12.4. The van der Waals surface area contributed by atoms with Crippen LogP contribution in [0, 0.1) is 0 Å². The Hall–Kier alpha value is -2.61. The number of hydrazine groups is 1. The molecule has 1 saturated heterocycles. The van der Waals surface area contributed by atoms with Crippen molar-refractivity contribution in [2.75, 3.05) is 20.8 Å². The first kappa shape index (κ1) is 15.3. The minimum atomic E-state index is -0.499. The summed E-state index contributed by atoms with van der Waals surface area (Å²) in [6.07, 6.45) is 2.12. The predicted molar refractivity (Wildman–Crippen MR) is 81.3 cm³/mol. The number of amides is 1. The summed E-state index contributed by atoms with van der Waals surface area (Å²) in [6.45, 7) is -0.177. The van der Waals surface area contributed by atoms with E-state index in [1.807, 2.05) is 24.3 Å². The molecule has 1 N–H and O–H groups in total. The van der Waals surface area contributed by atoms with E-state index in [1.54, 1.807) is 12.1 Å². The van der Waals surface area contributed by atoms with Crippen LogP contribution in [0.4, 0.5) is 0 Å². The number of hydrogen-bond acceptors (Lipinski definition) is 7. The lowest BCUT2D eigenvalue weighted by molar-refractivity contribution is -0.149. The molecule has 0 aromatic heterocycles. The molecule has 0 radical (unpaired) electrons. The van der Waals surface area contributed by atoms with Crippen LogP contribution in [0.5, 0.6) is 5.75 Å². The molecule has 2 atom stereocenters. The average Bonchev–Trinajstić information content (AvgIpc) is 3.02. The lowest BCUT2D eigenvalue weighted by Crippen LogP contribution is -2.51. The van der Waals surface area contributed by atoms with Gasteiger partial charge >= 0.3 is 5.97 Å². The molecule has 0 spiro atoms. The van der Waals surface area contributed by atoms with Crippen molar-refractivity contribution >= 4 is 18.2 Å². The molecule has 1 aromatic carbocycles. The number of carbonyl (C=O) groups is 2. The SMILES string of the molecule is COC(=O)CN1N=CN2NC(c3ccc(OC)cc3)CC2C1=O. The molecule has 2 aliphatic heterocycles. The zero-order chi connectivity index (χ0) is 16.4. The van der Waals surface area contributed by atoms with Crippen LogP contribution in [-0.2, 0) is 14.3 Å². The summed E-state index contributed by atoms with van der Waals surface area (Å²) in [6, 6.07) is 7.30. The number of esters is 1. The number of ether oxygens (including phenoxy) is 2. The lowest BCUT2D eigenvalue weighted by atomic mass is 10.0. The van der Waals surface area contributed by atoms with Crippen molar-refractivity contribution in [1.29, 1.82) is 0 Å². The second-order valence-electron chi connectivity index (χ2n) is 5.32. The van der Waals surface area contributed by atoms with Gasteiger partial charge in [0.15, 0.2) is 0 Å². The van der Waals surface area contributed by atoms with Crippen molar-refractivity contribution in [2.45, 2.75) is 18.5 Å². The fourth-order valence-electron chi connectivity index (χ4n) is 2.69. The zero-order valence-electron chi connectivity index (χ0n) is 12.9. The van der Waals surface area contributed by atoms with E-state index in [-0.39, 0.29) is 24.5 Å². The molecule has 0 aliphatic carbocycles. The van der Waals surface area contributed by atoms with Gasteiger partial charge in [0.1, 0.15) is 24.7 Å². The summed E-state index contributed by atoms with van der Waals surface area (Å²) in [7, 11) is 2.90. The number of carbonyl (C=O) groups excluding carboxylic acids is 2.